The summed E-state index contributed by atoms with van der Waals surface area (Å²) in [5.41, 5.74) is 3.83. The van der Waals surface area contributed by atoms with Crippen LogP contribution in [0.3, 0.4) is 0 Å². The van der Waals surface area contributed by atoms with Gasteiger partial charge in [0.2, 0.25) is 5.91 Å². The number of methoxy groups -OCH3 is 1. The highest BCUT2D eigenvalue weighted by Gasteiger charge is 2.48. The number of piperidine rings is 1. The average Bonchev–Trinajstić information content (AvgIpc) is 3.14. The molecule has 1 fully saturated rings. The van der Waals surface area contributed by atoms with E-state index >= 15 is 0 Å². The topological polar surface area (TPSA) is 57.9 Å². The molecule has 1 spiro atoms. The van der Waals surface area contributed by atoms with Crippen molar-refractivity contribution in [2.24, 2.45) is 7.05 Å². The van der Waals surface area contributed by atoms with Crippen molar-refractivity contribution in [2.75, 3.05) is 33.4 Å². The van der Waals surface area contributed by atoms with Gasteiger partial charge in [-0.1, -0.05) is 18.2 Å². The second kappa shape index (κ2) is 8.71. The van der Waals surface area contributed by atoms with Crippen molar-refractivity contribution in [2.45, 2.75) is 37.8 Å². The predicted molar refractivity (Wildman–Crippen MR) is 129 cm³/mol. The van der Waals surface area contributed by atoms with Crippen LogP contribution in [0.4, 0.5) is 4.39 Å². The molecular formula is C27H32FN3O3. The average molecular weight is 466 g/mol. The molecular weight excluding hydrogens is 433 g/mol. The fourth-order valence-corrected chi connectivity index (χ4v) is 6.13. The number of benzene rings is 2. The third-order valence-electron chi connectivity index (χ3n) is 7.92. The van der Waals surface area contributed by atoms with Crippen molar-refractivity contribution in [1.82, 2.24) is 14.4 Å². The number of fused-ring (bicyclic) bond motifs is 4. The van der Waals surface area contributed by atoms with E-state index in [1.165, 1.54) is 17.0 Å². The van der Waals surface area contributed by atoms with Gasteiger partial charge in [-0.15, -0.1) is 0 Å². The first kappa shape index (κ1) is 22.9. The van der Waals surface area contributed by atoms with Crippen LogP contribution in [-0.2, 0) is 23.8 Å². The third-order valence-corrected chi connectivity index (χ3v) is 7.92. The number of likely N-dealkylation sites (tertiary alicyclic amines) is 1. The number of hydrogen-bond donors (Lipinski definition) is 1. The van der Waals surface area contributed by atoms with Crippen LogP contribution in [0.25, 0.3) is 10.9 Å². The van der Waals surface area contributed by atoms with Crippen LogP contribution in [0.5, 0.6) is 5.75 Å². The van der Waals surface area contributed by atoms with Crippen LogP contribution in [0.15, 0.2) is 42.5 Å². The number of carbonyl (C=O) groups excluding carboxylic acids is 1. The number of aliphatic hydroxyl groups is 1. The monoisotopic (exact) mass is 465 g/mol. The van der Waals surface area contributed by atoms with Gasteiger partial charge in [0.15, 0.2) is 0 Å². The normalized spacial score (nSPS) is 20.0. The molecule has 0 aliphatic carbocycles. The van der Waals surface area contributed by atoms with E-state index in [-0.39, 0.29) is 29.8 Å². The Labute approximate surface area is 199 Å². The van der Waals surface area contributed by atoms with Gasteiger partial charge in [-0.25, -0.2) is 4.39 Å². The molecule has 2 aliphatic heterocycles. The van der Waals surface area contributed by atoms with Crippen molar-refractivity contribution in [3.63, 3.8) is 0 Å². The standard InChI is InChI=1S/C27H32FN3O3/c1-18(33)30-12-10-27(11-13-30)17-31(15-19-6-4-5-7-22(19)28)24(16-32)26-25(27)21-9-8-20(34-3)14-23(21)29(26)2/h4-9,14,24,32H,10-13,15-17H2,1-3H3/t24-/m1/s1. The number of aromatic nitrogens is 1. The second-order valence-electron chi connectivity index (χ2n) is 9.68. The minimum Gasteiger partial charge on any atom is -0.497 e. The molecule has 180 valence electrons. The lowest BCUT2D eigenvalue weighted by molar-refractivity contribution is -0.130. The number of carbonyl (C=O) groups is 1. The Hall–Kier alpha value is -2.90. The number of nitrogens with zero attached hydrogens (tertiary/aromatic N) is 3. The van der Waals surface area contributed by atoms with Gasteiger partial charge in [-0.2, -0.15) is 0 Å². The first-order valence-electron chi connectivity index (χ1n) is 11.9. The minimum absolute atomic E-state index is 0.0571. The van der Waals surface area contributed by atoms with E-state index in [1.807, 2.05) is 36.2 Å². The van der Waals surface area contributed by atoms with E-state index in [4.69, 9.17) is 4.74 Å². The highest BCUT2D eigenvalue weighted by molar-refractivity contribution is 5.88. The number of aryl methyl sites for hydroxylation is 1. The SMILES string of the molecule is COc1ccc2c3c(n(C)c2c1)[C@@H](CO)N(Cc1ccccc1F)CC31CCN(C(C)=O)CC1. The lowest BCUT2D eigenvalue weighted by Crippen LogP contribution is -2.54. The summed E-state index contributed by atoms with van der Waals surface area (Å²) < 4.78 is 22.3. The number of rotatable bonds is 4. The van der Waals surface area contributed by atoms with Gasteiger partial charge in [-0.05, 0) is 36.6 Å². The van der Waals surface area contributed by atoms with Gasteiger partial charge in [0, 0.05) is 68.3 Å². The molecule has 1 amide bonds. The molecule has 5 rings (SSSR count). The van der Waals surface area contributed by atoms with Gasteiger partial charge in [0.25, 0.3) is 0 Å². The number of halogens is 1. The second-order valence-corrected chi connectivity index (χ2v) is 9.68. The molecule has 1 N–H and O–H groups in total. The molecule has 0 radical (unpaired) electrons. The summed E-state index contributed by atoms with van der Waals surface area (Å²) in [6, 6.07) is 12.8. The molecule has 34 heavy (non-hydrogen) atoms. The Morgan fingerprint density at radius 3 is 2.59 bits per heavy atom. The molecule has 2 aliphatic rings. The molecule has 2 aromatic carbocycles. The van der Waals surface area contributed by atoms with Gasteiger partial charge in [0.05, 0.1) is 25.3 Å². The van der Waals surface area contributed by atoms with Gasteiger partial charge in [0.1, 0.15) is 11.6 Å². The third kappa shape index (κ3) is 3.58. The fourth-order valence-electron chi connectivity index (χ4n) is 6.13. The van der Waals surface area contributed by atoms with Crippen LogP contribution in [0.1, 0.15) is 42.6 Å². The summed E-state index contributed by atoms with van der Waals surface area (Å²) in [4.78, 5) is 16.2. The molecule has 3 aromatic rings. The van der Waals surface area contributed by atoms with E-state index in [0.29, 0.717) is 31.7 Å². The summed E-state index contributed by atoms with van der Waals surface area (Å²) in [6.45, 7) is 4.08. The summed E-state index contributed by atoms with van der Waals surface area (Å²) in [5, 5.41) is 11.7. The molecule has 1 aromatic heterocycles. The van der Waals surface area contributed by atoms with Crippen molar-refractivity contribution >= 4 is 16.8 Å². The maximum atomic E-state index is 14.6. The molecule has 6 nitrogen and oxygen atoms in total. The Morgan fingerprint density at radius 1 is 1.21 bits per heavy atom. The van der Waals surface area contributed by atoms with E-state index in [0.717, 1.165) is 29.8 Å². The van der Waals surface area contributed by atoms with Crippen molar-refractivity contribution < 1.29 is 19.0 Å². The van der Waals surface area contributed by atoms with Gasteiger partial charge in [-0.3, -0.25) is 9.69 Å². The Kier molecular flexibility index (Phi) is 5.86. The van der Waals surface area contributed by atoms with Crippen LogP contribution in [0, 0.1) is 5.82 Å². The number of aliphatic hydroxyl groups excluding tert-OH is 1. The van der Waals surface area contributed by atoms with E-state index in [1.54, 1.807) is 20.1 Å². The molecule has 0 saturated carbocycles. The first-order valence-corrected chi connectivity index (χ1v) is 11.9. The molecule has 1 saturated heterocycles. The quantitative estimate of drug-likeness (QED) is 0.638. The summed E-state index contributed by atoms with van der Waals surface area (Å²) in [6.07, 6.45) is 1.66. The smallest absolute Gasteiger partial charge is 0.219 e. The predicted octanol–water partition coefficient (Wildman–Crippen LogP) is 3.76. The van der Waals surface area contributed by atoms with Crippen LogP contribution < -0.4 is 4.74 Å². The van der Waals surface area contributed by atoms with Crippen molar-refractivity contribution in [3.05, 3.63) is 65.1 Å². The Balaban J connectivity index is 1.67. The fraction of sp³-hybridized carbons (Fsp3) is 0.444. The molecule has 3 heterocycles. The molecule has 7 heteroatoms. The highest BCUT2D eigenvalue weighted by Crippen LogP contribution is 2.50. The summed E-state index contributed by atoms with van der Waals surface area (Å²) in [7, 11) is 3.70. The van der Waals surface area contributed by atoms with E-state index < -0.39 is 0 Å². The maximum Gasteiger partial charge on any atom is 0.219 e. The highest BCUT2D eigenvalue weighted by atomic mass is 19.1. The molecule has 0 bridgehead atoms. The summed E-state index contributed by atoms with van der Waals surface area (Å²) >= 11 is 0. The van der Waals surface area contributed by atoms with Crippen LogP contribution in [0.2, 0.25) is 0 Å². The lowest BCUT2D eigenvalue weighted by atomic mass is 9.68. The molecule has 1 atom stereocenters. The minimum atomic E-state index is -0.255. The van der Waals surface area contributed by atoms with Gasteiger partial charge >= 0.3 is 0 Å². The van der Waals surface area contributed by atoms with Crippen LogP contribution in [-0.4, -0.2) is 58.7 Å². The van der Waals surface area contributed by atoms with E-state index in [9.17, 15) is 14.3 Å². The Bertz CT molecular complexity index is 1230. The zero-order chi connectivity index (χ0) is 24.0. The number of amides is 1. The first-order chi connectivity index (χ1) is 16.4. The largest absolute Gasteiger partial charge is 0.497 e. The summed E-state index contributed by atoms with van der Waals surface area (Å²) in [5.74, 6) is 0.659. The maximum absolute atomic E-state index is 14.6. The molecule has 0 unspecified atom stereocenters. The van der Waals surface area contributed by atoms with Crippen LogP contribution >= 0.6 is 0 Å². The zero-order valence-electron chi connectivity index (χ0n) is 20.1. The van der Waals surface area contributed by atoms with Gasteiger partial charge < -0.3 is 19.3 Å². The van der Waals surface area contributed by atoms with Crippen molar-refractivity contribution in [3.8, 4) is 5.75 Å². The number of ether oxygens (including phenoxy) is 1. The lowest BCUT2D eigenvalue weighted by Gasteiger charge is -2.50. The van der Waals surface area contributed by atoms with E-state index in [2.05, 4.69) is 15.5 Å². The zero-order valence-corrected chi connectivity index (χ0v) is 20.1. The van der Waals surface area contributed by atoms with Crippen molar-refractivity contribution in [1.29, 1.82) is 0 Å². The Morgan fingerprint density at radius 2 is 1.94 bits per heavy atom. The number of hydrogen-bond acceptors (Lipinski definition) is 4.